The topological polar surface area (TPSA) is 0 Å². The first-order valence-electron chi connectivity index (χ1n) is 9.18. The highest BCUT2D eigenvalue weighted by Gasteiger charge is 2.47. The molecule has 0 nitrogen and oxygen atoms in total. The van der Waals surface area contributed by atoms with Gasteiger partial charge in [0.15, 0.2) is 0 Å². The van der Waals surface area contributed by atoms with Crippen LogP contribution in [0.4, 0.5) is 0 Å². The summed E-state index contributed by atoms with van der Waals surface area (Å²) in [4.78, 5) is 0. The summed E-state index contributed by atoms with van der Waals surface area (Å²) in [6.45, 7) is 8.77. The summed E-state index contributed by atoms with van der Waals surface area (Å²) in [5, 5.41) is 0. The molecule has 0 aromatic rings. The van der Waals surface area contributed by atoms with Crippen molar-refractivity contribution in [2.45, 2.75) is 96.0 Å². The molecule has 3 aliphatic carbocycles. The van der Waals surface area contributed by atoms with E-state index in [0.717, 1.165) is 41.9 Å². The lowest BCUT2D eigenvalue weighted by atomic mass is 9.24. The Bertz CT molecular complexity index is 253. The van der Waals surface area contributed by atoms with Crippen molar-refractivity contribution in [1.82, 2.24) is 0 Å². The fraction of sp³-hybridized carbons (Fsp3) is 1.00. The van der Waals surface area contributed by atoms with E-state index in [1.165, 1.54) is 38.5 Å². The zero-order valence-corrected chi connectivity index (χ0v) is 13.4. The van der Waals surface area contributed by atoms with Crippen molar-refractivity contribution in [2.75, 3.05) is 0 Å². The maximum Gasteiger partial charge on any atom is 0.150 e. The van der Waals surface area contributed by atoms with Crippen LogP contribution in [0, 0.1) is 17.8 Å². The SMILES string of the molecule is C[C@@H]1CCC[C@H]1B([C@@H]1CCC[C@H]1C)[C@@H]1CCC[C@H]1C. The van der Waals surface area contributed by atoms with Crippen LogP contribution in [0.15, 0.2) is 0 Å². The molecule has 3 rings (SSSR count). The second kappa shape index (κ2) is 5.82. The Morgan fingerprint density at radius 3 is 1.05 bits per heavy atom. The molecule has 0 aromatic carbocycles. The van der Waals surface area contributed by atoms with Crippen molar-refractivity contribution in [3.05, 3.63) is 0 Å². The summed E-state index contributed by atoms with van der Waals surface area (Å²) < 4.78 is 0. The van der Waals surface area contributed by atoms with Crippen molar-refractivity contribution < 1.29 is 0 Å². The maximum atomic E-state index is 2.56. The average molecular weight is 260 g/mol. The molecule has 1 heteroatoms. The van der Waals surface area contributed by atoms with Gasteiger partial charge >= 0.3 is 0 Å². The lowest BCUT2D eigenvalue weighted by Crippen LogP contribution is -2.36. The summed E-state index contributed by atoms with van der Waals surface area (Å²) in [6, 6.07) is 0. The van der Waals surface area contributed by atoms with Gasteiger partial charge in [-0.2, -0.15) is 0 Å². The minimum atomic E-state index is 1.02. The third-order valence-electron chi connectivity index (χ3n) is 7.27. The van der Waals surface area contributed by atoms with Gasteiger partial charge in [0.2, 0.25) is 0 Å². The normalized spacial score (nSPS) is 46.9. The van der Waals surface area contributed by atoms with Crippen LogP contribution in [0.25, 0.3) is 0 Å². The van der Waals surface area contributed by atoms with Gasteiger partial charge in [0.05, 0.1) is 0 Å². The molecule has 3 aliphatic rings. The molecule has 6 atom stereocenters. The molecule has 0 spiro atoms. The molecule has 0 heterocycles. The fourth-order valence-corrected chi connectivity index (χ4v) is 6.19. The molecule has 0 radical (unpaired) electrons. The van der Waals surface area contributed by atoms with E-state index in [1.54, 1.807) is 19.3 Å². The second-order valence-corrected chi connectivity index (χ2v) is 8.29. The molecule has 0 bridgehead atoms. The predicted octanol–water partition coefficient (Wildman–Crippen LogP) is 6.05. The first-order chi connectivity index (χ1) is 9.18. The van der Waals surface area contributed by atoms with Crippen LogP contribution < -0.4 is 0 Å². The van der Waals surface area contributed by atoms with Gasteiger partial charge in [0.25, 0.3) is 0 Å². The monoisotopic (exact) mass is 260 g/mol. The average Bonchev–Trinajstić information content (AvgIpc) is 3.07. The number of rotatable bonds is 3. The molecule has 0 amide bonds. The summed E-state index contributed by atoms with van der Waals surface area (Å²) in [7, 11) is 0. The van der Waals surface area contributed by atoms with Gasteiger partial charge in [0, 0.05) is 0 Å². The molecular formula is C18H33B. The van der Waals surface area contributed by atoms with E-state index < -0.39 is 0 Å². The van der Waals surface area contributed by atoms with E-state index >= 15 is 0 Å². The summed E-state index contributed by atoms with van der Waals surface area (Å²) in [6.07, 6.45) is 13.8. The molecule has 19 heavy (non-hydrogen) atoms. The van der Waals surface area contributed by atoms with Crippen molar-refractivity contribution in [2.24, 2.45) is 17.8 Å². The lowest BCUT2D eigenvalue weighted by molar-refractivity contribution is 0.517. The fourth-order valence-electron chi connectivity index (χ4n) is 6.19. The lowest BCUT2D eigenvalue weighted by Gasteiger charge is -2.37. The van der Waals surface area contributed by atoms with Gasteiger partial charge in [-0.15, -0.1) is 0 Å². The molecule has 0 aliphatic heterocycles. The Labute approximate surface area is 121 Å². The number of hydrogen-bond acceptors (Lipinski definition) is 0. The summed E-state index contributed by atoms with van der Waals surface area (Å²) >= 11 is 0. The smallest absolute Gasteiger partial charge is 0.0629 e. The minimum absolute atomic E-state index is 1.02. The molecule has 0 saturated heterocycles. The summed E-state index contributed by atoms with van der Waals surface area (Å²) in [5.74, 6) is 6.30. The van der Waals surface area contributed by atoms with Gasteiger partial charge in [-0.25, -0.2) is 0 Å². The minimum Gasteiger partial charge on any atom is -0.0629 e. The third-order valence-corrected chi connectivity index (χ3v) is 7.27. The first-order valence-corrected chi connectivity index (χ1v) is 9.18. The van der Waals surface area contributed by atoms with Gasteiger partial charge in [-0.1, -0.05) is 96.0 Å². The molecule has 108 valence electrons. The van der Waals surface area contributed by atoms with Crippen LogP contribution in [0.3, 0.4) is 0 Å². The first kappa shape index (κ1) is 14.0. The van der Waals surface area contributed by atoms with Crippen molar-refractivity contribution in [1.29, 1.82) is 0 Å². The van der Waals surface area contributed by atoms with Crippen molar-refractivity contribution >= 4 is 6.71 Å². The molecule has 0 aromatic heterocycles. The van der Waals surface area contributed by atoms with Gasteiger partial charge in [0.1, 0.15) is 6.71 Å². The molecule has 0 unspecified atom stereocenters. The molecular weight excluding hydrogens is 227 g/mol. The van der Waals surface area contributed by atoms with Crippen LogP contribution >= 0.6 is 0 Å². The highest BCUT2D eigenvalue weighted by Crippen LogP contribution is 2.56. The predicted molar refractivity (Wildman–Crippen MR) is 86.0 cm³/mol. The highest BCUT2D eigenvalue weighted by molar-refractivity contribution is 6.64. The molecule has 3 saturated carbocycles. The van der Waals surface area contributed by atoms with Crippen molar-refractivity contribution in [3.8, 4) is 0 Å². The molecule has 0 N–H and O–H groups in total. The summed E-state index contributed by atoms with van der Waals surface area (Å²) in [5.41, 5.74) is 0. The van der Waals surface area contributed by atoms with Crippen LogP contribution in [0.1, 0.15) is 78.6 Å². The maximum absolute atomic E-state index is 2.56. The van der Waals surface area contributed by atoms with Crippen LogP contribution in [0.5, 0.6) is 0 Å². The van der Waals surface area contributed by atoms with Gasteiger partial charge < -0.3 is 0 Å². The van der Waals surface area contributed by atoms with E-state index in [9.17, 15) is 0 Å². The third kappa shape index (κ3) is 2.63. The second-order valence-electron chi connectivity index (χ2n) is 8.29. The Morgan fingerprint density at radius 1 is 0.526 bits per heavy atom. The van der Waals surface area contributed by atoms with E-state index in [0.29, 0.717) is 0 Å². The quantitative estimate of drug-likeness (QED) is 0.542. The standard InChI is InChI=1S/C18H33B/c1-13-7-4-10-16(13)19(17-11-5-8-14(17)2)18-12-6-9-15(18)3/h13-18H,4-12H2,1-3H3/t13-,14-,15-,16-,17-,18-/m1/s1. The van der Waals surface area contributed by atoms with E-state index in [4.69, 9.17) is 0 Å². The van der Waals surface area contributed by atoms with E-state index in [1.807, 2.05) is 0 Å². The van der Waals surface area contributed by atoms with Crippen LogP contribution in [-0.2, 0) is 0 Å². The number of hydrogen-bond donors (Lipinski definition) is 0. The zero-order chi connectivity index (χ0) is 13.4. The Hall–Kier alpha value is 0.0649. The highest BCUT2D eigenvalue weighted by atomic mass is 14.4. The Morgan fingerprint density at radius 2 is 0.842 bits per heavy atom. The van der Waals surface area contributed by atoms with Crippen molar-refractivity contribution in [3.63, 3.8) is 0 Å². The van der Waals surface area contributed by atoms with Gasteiger partial charge in [-0.05, 0) is 17.8 Å². The van der Waals surface area contributed by atoms with E-state index in [-0.39, 0.29) is 0 Å². The van der Waals surface area contributed by atoms with Crippen LogP contribution in [-0.4, -0.2) is 6.71 Å². The van der Waals surface area contributed by atoms with Crippen LogP contribution in [0.2, 0.25) is 17.5 Å². The Balaban J connectivity index is 1.82. The zero-order valence-electron chi connectivity index (χ0n) is 13.4. The largest absolute Gasteiger partial charge is 0.150 e. The molecule has 3 fully saturated rings. The Kier molecular flexibility index (Phi) is 4.29. The van der Waals surface area contributed by atoms with Gasteiger partial charge in [-0.3, -0.25) is 0 Å². The van der Waals surface area contributed by atoms with E-state index in [2.05, 4.69) is 20.8 Å².